The molecule has 7 heteroatoms. The molecule has 0 radical (unpaired) electrons. The number of carbonyl (C=O) groups is 1. The molecular weight excluding hydrogens is 591 g/mol. The van der Waals surface area contributed by atoms with Crippen molar-refractivity contribution in [1.82, 2.24) is 5.32 Å². The molecule has 0 fully saturated rings. The van der Waals surface area contributed by atoms with Crippen LogP contribution in [-0.2, 0) is 22.4 Å². The first-order chi connectivity index (χ1) is 23.1. The third kappa shape index (κ3) is 7.42. The van der Waals surface area contributed by atoms with Crippen LogP contribution in [0.5, 0.6) is 5.75 Å². The molecule has 238 valence electrons. The zero-order valence-electron chi connectivity index (χ0n) is 26.0. The van der Waals surface area contributed by atoms with E-state index in [0.717, 1.165) is 22.3 Å². The minimum Gasteiger partial charge on any atom is -0.494 e. The number of ether oxygens (including phenoxy) is 2. The van der Waals surface area contributed by atoms with E-state index in [9.17, 15) is 9.18 Å². The molecule has 0 spiro atoms. The van der Waals surface area contributed by atoms with E-state index in [2.05, 4.69) is 17.4 Å². The Balaban J connectivity index is 1.37. The van der Waals surface area contributed by atoms with Crippen LogP contribution in [0.15, 0.2) is 138 Å². The largest absolute Gasteiger partial charge is 0.494 e. The zero-order chi connectivity index (χ0) is 32.5. The van der Waals surface area contributed by atoms with E-state index < -0.39 is 11.6 Å². The van der Waals surface area contributed by atoms with Gasteiger partial charge in [0, 0.05) is 31.6 Å². The van der Waals surface area contributed by atoms with Crippen LogP contribution in [0, 0.1) is 5.82 Å². The number of aliphatic imine (C=N–C) groups is 1. The monoisotopic (exact) mass is 628 g/mol. The Bertz CT molecular complexity index is 1790. The van der Waals surface area contributed by atoms with Crippen LogP contribution in [0.3, 0.4) is 0 Å². The smallest absolute Gasteiger partial charge is 0.252 e. The first kappa shape index (κ1) is 31.7. The van der Waals surface area contributed by atoms with Gasteiger partial charge in [-0.25, -0.2) is 9.38 Å². The molecule has 47 heavy (non-hydrogen) atoms. The van der Waals surface area contributed by atoms with Crippen molar-refractivity contribution in [1.29, 1.82) is 0 Å². The van der Waals surface area contributed by atoms with Crippen molar-refractivity contribution in [2.24, 2.45) is 4.99 Å². The van der Waals surface area contributed by atoms with Gasteiger partial charge >= 0.3 is 0 Å². The maximum Gasteiger partial charge on any atom is 0.252 e. The quantitative estimate of drug-likeness (QED) is 0.136. The molecule has 0 saturated heterocycles. The van der Waals surface area contributed by atoms with E-state index >= 15 is 0 Å². The van der Waals surface area contributed by atoms with E-state index in [1.807, 2.05) is 97.1 Å². The fourth-order valence-electron chi connectivity index (χ4n) is 5.84. The summed E-state index contributed by atoms with van der Waals surface area (Å²) in [6.07, 6.45) is 0.425. The Labute approximate surface area is 274 Å². The SMILES string of the molecule is O=C(NCCc1ccccc1F)[C@]1(Cc2ccccc2)N=C(c2ccc(OCCCO)cc2)O[C@@H]1c1ccc(-c2ccccc2)cc1. The summed E-state index contributed by atoms with van der Waals surface area (Å²) in [4.78, 5) is 19.6. The van der Waals surface area contributed by atoms with Gasteiger partial charge < -0.3 is 19.9 Å². The predicted molar refractivity (Wildman–Crippen MR) is 182 cm³/mol. The summed E-state index contributed by atoms with van der Waals surface area (Å²) in [5, 5.41) is 12.2. The van der Waals surface area contributed by atoms with Crippen molar-refractivity contribution in [3.8, 4) is 16.9 Å². The normalized spacial score (nSPS) is 17.1. The molecule has 6 nitrogen and oxygen atoms in total. The third-order valence-electron chi connectivity index (χ3n) is 8.30. The Hall–Kier alpha value is -5.27. The van der Waals surface area contributed by atoms with Crippen molar-refractivity contribution >= 4 is 11.8 Å². The molecule has 0 saturated carbocycles. The van der Waals surface area contributed by atoms with Crippen LogP contribution < -0.4 is 10.1 Å². The van der Waals surface area contributed by atoms with E-state index in [1.165, 1.54) is 6.07 Å². The topological polar surface area (TPSA) is 80.2 Å². The Morgan fingerprint density at radius 1 is 0.809 bits per heavy atom. The molecule has 1 heterocycles. The first-order valence-electron chi connectivity index (χ1n) is 15.9. The molecular formula is C40H37FN2O4. The van der Waals surface area contributed by atoms with Crippen LogP contribution in [0.1, 0.15) is 34.8 Å². The van der Waals surface area contributed by atoms with Crippen molar-refractivity contribution in [3.05, 3.63) is 162 Å². The number of halogens is 1. The summed E-state index contributed by atoms with van der Waals surface area (Å²) in [5.41, 5.74) is 3.78. The highest BCUT2D eigenvalue weighted by molar-refractivity contribution is 6.01. The lowest BCUT2D eigenvalue weighted by Crippen LogP contribution is -2.50. The molecule has 1 aliphatic rings. The number of hydrogen-bond acceptors (Lipinski definition) is 5. The maximum absolute atomic E-state index is 14.5. The molecule has 1 amide bonds. The number of nitrogens with zero attached hydrogens (tertiary/aromatic N) is 1. The fraction of sp³-hybridized carbons (Fsp3) is 0.200. The standard InChI is InChI=1S/C40H37FN2O4/c41-36-15-8-7-14-32(36)24-25-42-39(45)40(28-29-10-3-1-4-11-29)37(33-18-16-31(17-19-33)30-12-5-2-6-13-30)47-38(43-40)34-20-22-35(23-21-34)46-27-9-26-44/h1-8,10-23,37,44H,9,24-28H2,(H,42,45)/t37-,40-/m1/s1. The predicted octanol–water partition coefficient (Wildman–Crippen LogP) is 7.11. The summed E-state index contributed by atoms with van der Waals surface area (Å²) in [6.45, 7) is 0.699. The Kier molecular flexibility index (Phi) is 10.0. The summed E-state index contributed by atoms with van der Waals surface area (Å²) >= 11 is 0. The first-order valence-corrected chi connectivity index (χ1v) is 15.9. The zero-order valence-corrected chi connectivity index (χ0v) is 26.0. The summed E-state index contributed by atoms with van der Waals surface area (Å²) in [7, 11) is 0. The molecule has 0 bridgehead atoms. The van der Waals surface area contributed by atoms with Gasteiger partial charge in [0.1, 0.15) is 11.6 Å². The van der Waals surface area contributed by atoms with Crippen molar-refractivity contribution in [2.75, 3.05) is 19.8 Å². The maximum atomic E-state index is 14.5. The number of amides is 1. The van der Waals surface area contributed by atoms with Gasteiger partial charge in [0.05, 0.1) is 6.61 Å². The van der Waals surface area contributed by atoms with Crippen LogP contribution >= 0.6 is 0 Å². The number of carbonyl (C=O) groups excluding carboxylic acids is 1. The van der Waals surface area contributed by atoms with Gasteiger partial charge in [-0.2, -0.15) is 0 Å². The highest BCUT2D eigenvalue weighted by Crippen LogP contribution is 2.43. The summed E-state index contributed by atoms with van der Waals surface area (Å²) in [6, 6.07) is 41.9. The number of rotatable bonds is 13. The summed E-state index contributed by atoms with van der Waals surface area (Å²) < 4.78 is 26.8. The molecule has 2 N–H and O–H groups in total. The number of nitrogens with one attached hydrogen (secondary N) is 1. The van der Waals surface area contributed by atoms with E-state index in [0.29, 0.717) is 42.2 Å². The molecule has 0 unspecified atom stereocenters. The van der Waals surface area contributed by atoms with Gasteiger partial charge in [-0.1, -0.05) is 103 Å². The molecule has 6 rings (SSSR count). The van der Waals surface area contributed by atoms with Gasteiger partial charge in [-0.3, -0.25) is 4.79 Å². The van der Waals surface area contributed by atoms with Gasteiger partial charge in [-0.15, -0.1) is 0 Å². The second-order valence-corrected chi connectivity index (χ2v) is 11.5. The van der Waals surface area contributed by atoms with Gasteiger partial charge in [0.15, 0.2) is 11.6 Å². The molecule has 5 aromatic carbocycles. The molecule has 0 aromatic heterocycles. The Morgan fingerprint density at radius 2 is 1.45 bits per heavy atom. The Morgan fingerprint density at radius 3 is 2.15 bits per heavy atom. The van der Waals surface area contributed by atoms with Gasteiger partial charge in [0.2, 0.25) is 5.90 Å². The number of benzene rings is 5. The molecule has 1 aliphatic heterocycles. The molecule has 2 atom stereocenters. The molecule has 5 aromatic rings. The van der Waals surface area contributed by atoms with Gasteiger partial charge in [0.25, 0.3) is 5.91 Å². The van der Waals surface area contributed by atoms with Crippen molar-refractivity contribution in [3.63, 3.8) is 0 Å². The van der Waals surface area contributed by atoms with E-state index in [4.69, 9.17) is 19.6 Å². The van der Waals surface area contributed by atoms with Crippen LogP contribution in [0.25, 0.3) is 11.1 Å². The average molecular weight is 629 g/mol. The number of aliphatic hydroxyl groups excluding tert-OH is 1. The molecule has 0 aliphatic carbocycles. The van der Waals surface area contributed by atoms with E-state index in [1.54, 1.807) is 18.2 Å². The average Bonchev–Trinajstić information content (AvgIpc) is 3.50. The van der Waals surface area contributed by atoms with Crippen molar-refractivity contribution < 1.29 is 23.8 Å². The number of aliphatic hydroxyl groups is 1. The number of hydrogen-bond donors (Lipinski definition) is 2. The third-order valence-corrected chi connectivity index (χ3v) is 8.30. The highest BCUT2D eigenvalue weighted by atomic mass is 19.1. The lowest BCUT2D eigenvalue weighted by Gasteiger charge is -2.31. The second kappa shape index (κ2) is 14.9. The van der Waals surface area contributed by atoms with Crippen molar-refractivity contribution in [2.45, 2.75) is 30.9 Å². The minimum absolute atomic E-state index is 0.0578. The highest BCUT2D eigenvalue weighted by Gasteiger charge is 2.53. The van der Waals surface area contributed by atoms with Crippen LogP contribution in [-0.4, -0.2) is 42.2 Å². The summed E-state index contributed by atoms with van der Waals surface area (Å²) in [5.74, 6) is 0.415. The van der Waals surface area contributed by atoms with Crippen LogP contribution in [0.2, 0.25) is 0 Å². The second-order valence-electron chi connectivity index (χ2n) is 11.5. The van der Waals surface area contributed by atoms with Gasteiger partial charge in [-0.05, 0) is 64.6 Å². The minimum atomic E-state index is -1.35. The fourth-order valence-corrected chi connectivity index (χ4v) is 5.84. The van der Waals surface area contributed by atoms with Crippen LogP contribution in [0.4, 0.5) is 4.39 Å². The lowest BCUT2D eigenvalue weighted by molar-refractivity contribution is -0.128. The van der Waals surface area contributed by atoms with E-state index in [-0.39, 0.29) is 31.3 Å². The lowest BCUT2D eigenvalue weighted by atomic mass is 9.81.